The van der Waals surface area contributed by atoms with Gasteiger partial charge in [-0.05, 0) is 35.8 Å². The molecule has 0 saturated carbocycles. The molecular weight excluding hydrogens is 322 g/mol. The van der Waals surface area contributed by atoms with Gasteiger partial charge in [0.05, 0.1) is 0 Å². The molecule has 2 aromatic carbocycles. The number of hydrogen-bond donors (Lipinski definition) is 0. The molecule has 0 N–H and O–H groups in total. The first-order valence-corrected chi connectivity index (χ1v) is 8.64. The molecule has 1 amide bonds. The van der Waals surface area contributed by atoms with Crippen LogP contribution in [0.2, 0.25) is 0 Å². The molecule has 0 atom stereocenters. The molecule has 1 aliphatic rings. The first-order valence-electron chi connectivity index (χ1n) is 8.64. The fourth-order valence-corrected chi connectivity index (χ4v) is 3.00. The summed E-state index contributed by atoms with van der Waals surface area (Å²) in [6, 6.07) is 19.5. The summed E-state index contributed by atoms with van der Waals surface area (Å²) in [4.78, 5) is 26.9. The van der Waals surface area contributed by atoms with Crippen LogP contribution in [0, 0.1) is 0 Å². The van der Waals surface area contributed by atoms with Crippen molar-refractivity contribution < 1.29 is 9.59 Å². The molecule has 1 fully saturated rings. The Morgan fingerprint density at radius 2 is 1.42 bits per heavy atom. The molecule has 1 heterocycles. The summed E-state index contributed by atoms with van der Waals surface area (Å²) in [7, 11) is 0. The lowest BCUT2D eigenvalue weighted by Crippen LogP contribution is -2.31. The van der Waals surface area contributed by atoms with Gasteiger partial charge in [-0.1, -0.05) is 67.2 Å². The van der Waals surface area contributed by atoms with Crippen LogP contribution in [-0.4, -0.2) is 29.7 Å². The third kappa shape index (κ3) is 4.25. The molecule has 0 unspecified atom stereocenters. The van der Waals surface area contributed by atoms with E-state index in [1.807, 2.05) is 72.8 Å². The molecular formula is C23H21NO2. The molecule has 3 nitrogen and oxygen atoms in total. The van der Waals surface area contributed by atoms with Crippen molar-refractivity contribution in [2.75, 3.05) is 13.1 Å². The van der Waals surface area contributed by atoms with Gasteiger partial charge in [0.1, 0.15) is 0 Å². The zero-order valence-corrected chi connectivity index (χ0v) is 14.6. The molecule has 1 saturated heterocycles. The van der Waals surface area contributed by atoms with E-state index in [4.69, 9.17) is 0 Å². The van der Waals surface area contributed by atoms with Crippen molar-refractivity contribution in [1.29, 1.82) is 0 Å². The summed E-state index contributed by atoms with van der Waals surface area (Å²) in [5, 5.41) is 0. The number of likely N-dealkylation sites (tertiary alicyclic amines) is 1. The zero-order chi connectivity index (χ0) is 18.4. The average molecular weight is 343 g/mol. The number of hydrogen-bond acceptors (Lipinski definition) is 2. The average Bonchev–Trinajstić information content (AvgIpc) is 2.83. The zero-order valence-electron chi connectivity index (χ0n) is 14.6. The molecule has 0 spiro atoms. The first-order chi connectivity index (χ1) is 12.7. The number of nitrogens with zero attached hydrogens (tertiary/aromatic N) is 1. The Labute approximate surface area is 154 Å². The SMILES string of the molecule is C=CC(=O)N1CCC(=Cc2ccccc2)C(=O)C(=Cc2ccccc2)C1. The highest BCUT2D eigenvalue weighted by Gasteiger charge is 2.25. The number of ketones is 1. The normalized spacial score (nSPS) is 18.0. The van der Waals surface area contributed by atoms with Crippen LogP contribution < -0.4 is 0 Å². The Hall–Kier alpha value is -3.20. The topological polar surface area (TPSA) is 37.4 Å². The molecule has 130 valence electrons. The molecule has 1 aliphatic heterocycles. The maximum absolute atomic E-state index is 13.1. The predicted molar refractivity (Wildman–Crippen MR) is 105 cm³/mol. The lowest BCUT2D eigenvalue weighted by atomic mass is 9.98. The van der Waals surface area contributed by atoms with E-state index in [0.717, 1.165) is 16.7 Å². The molecule has 3 rings (SSSR count). The van der Waals surface area contributed by atoms with Crippen LogP contribution in [0.3, 0.4) is 0 Å². The second-order valence-electron chi connectivity index (χ2n) is 6.20. The van der Waals surface area contributed by atoms with E-state index in [0.29, 0.717) is 25.1 Å². The van der Waals surface area contributed by atoms with E-state index in [1.54, 1.807) is 4.90 Å². The number of rotatable bonds is 3. The summed E-state index contributed by atoms with van der Waals surface area (Å²) in [6.07, 6.45) is 5.62. The number of benzene rings is 2. The predicted octanol–water partition coefficient (Wildman–Crippen LogP) is 4.14. The Kier molecular flexibility index (Phi) is 5.59. The minimum Gasteiger partial charge on any atom is -0.334 e. The highest BCUT2D eigenvalue weighted by molar-refractivity contribution is 6.14. The monoisotopic (exact) mass is 343 g/mol. The summed E-state index contributed by atoms with van der Waals surface area (Å²) < 4.78 is 0. The van der Waals surface area contributed by atoms with E-state index < -0.39 is 0 Å². The van der Waals surface area contributed by atoms with Gasteiger partial charge in [0.25, 0.3) is 0 Å². The number of Topliss-reactive ketones (excluding diaryl/α,β-unsaturated/α-hetero) is 1. The van der Waals surface area contributed by atoms with Crippen molar-refractivity contribution >= 4 is 23.8 Å². The second kappa shape index (κ2) is 8.26. The summed E-state index contributed by atoms with van der Waals surface area (Å²) in [6.45, 7) is 4.37. The summed E-state index contributed by atoms with van der Waals surface area (Å²) >= 11 is 0. The summed E-state index contributed by atoms with van der Waals surface area (Å²) in [5.41, 5.74) is 3.27. The second-order valence-corrected chi connectivity index (χ2v) is 6.20. The van der Waals surface area contributed by atoms with Crippen LogP contribution in [0.25, 0.3) is 12.2 Å². The highest BCUT2D eigenvalue weighted by atomic mass is 16.2. The van der Waals surface area contributed by atoms with Gasteiger partial charge in [-0.15, -0.1) is 0 Å². The maximum Gasteiger partial charge on any atom is 0.246 e. The van der Waals surface area contributed by atoms with Crippen molar-refractivity contribution in [3.8, 4) is 0 Å². The summed E-state index contributed by atoms with van der Waals surface area (Å²) in [5.74, 6) is -0.158. The third-order valence-corrected chi connectivity index (χ3v) is 4.36. The molecule has 0 radical (unpaired) electrons. The fourth-order valence-electron chi connectivity index (χ4n) is 3.00. The van der Waals surface area contributed by atoms with Crippen LogP contribution in [-0.2, 0) is 9.59 Å². The molecule has 0 aromatic heterocycles. The van der Waals surface area contributed by atoms with Gasteiger partial charge in [0, 0.05) is 24.2 Å². The smallest absolute Gasteiger partial charge is 0.246 e. The van der Waals surface area contributed by atoms with Crippen molar-refractivity contribution in [3.63, 3.8) is 0 Å². The van der Waals surface area contributed by atoms with Gasteiger partial charge in [-0.25, -0.2) is 0 Å². The third-order valence-electron chi connectivity index (χ3n) is 4.36. The van der Waals surface area contributed by atoms with Crippen LogP contribution in [0.1, 0.15) is 17.5 Å². The number of carbonyl (C=O) groups excluding carboxylic acids is 2. The van der Waals surface area contributed by atoms with Crippen molar-refractivity contribution in [2.45, 2.75) is 6.42 Å². The fraction of sp³-hybridized carbons (Fsp3) is 0.130. The Bertz CT molecular complexity index is 864. The van der Waals surface area contributed by atoms with Gasteiger partial charge >= 0.3 is 0 Å². The van der Waals surface area contributed by atoms with Gasteiger partial charge in [0.2, 0.25) is 5.91 Å². The number of amides is 1. The van der Waals surface area contributed by atoms with Crippen LogP contribution in [0.5, 0.6) is 0 Å². The standard InChI is InChI=1S/C23H21NO2/c1-2-22(25)24-14-13-20(15-18-9-5-3-6-10-18)23(26)21(17-24)16-19-11-7-4-8-12-19/h2-12,15-16H,1,13-14,17H2. The largest absolute Gasteiger partial charge is 0.334 e. The highest BCUT2D eigenvalue weighted by Crippen LogP contribution is 2.22. The Balaban J connectivity index is 2.00. The quantitative estimate of drug-likeness (QED) is 0.786. The van der Waals surface area contributed by atoms with Crippen LogP contribution in [0.15, 0.2) is 84.5 Å². The van der Waals surface area contributed by atoms with Crippen molar-refractivity contribution in [3.05, 3.63) is 95.6 Å². The lowest BCUT2D eigenvalue weighted by molar-refractivity contribution is -0.125. The van der Waals surface area contributed by atoms with E-state index in [2.05, 4.69) is 6.58 Å². The van der Waals surface area contributed by atoms with Crippen molar-refractivity contribution in [2.24, 2.45) is 0 Å². The minimum absolute atomic E-state index is 0.00271. The van der Waals surface area contributed by atoms with Crippen molar-refractivity contribution in [1.82, 2.24) is 4.90 Å². The van der Waals surface area contributed by atoms with Crippen LogP contribution in [0.4, 0.5) is 0 Å². The number of carbonyl (C=O) groups is 2. The van der Waals surface area contributed by atoms with Gasteiger partial charge in [-0.2, -0.15) is 0 Å². The van der Waals surface area contributed by atoms with Gasteiger partial charge < -0.3 is 4.90 Å². The molecule has 2 aromatic rings. The van der Waals surface area contributed by atoms with E-state index >= 15 is 0 Å². The maximum atomic E-state index is 13.1. The van der Waals surface area contributed by atoms with Gasteiger partial charge in [-0.3, -0.25) is 9.59 Å². The minimum atomic E-state index is -0.155. The van der Waals surface area contributed by atoms with Gasteiger partial charge in [0.15, 0.2) is 5.78 Å². The first kappa shape index (κ1) is 17.6. The van der Waals surface area contributed by atoms with E-state index in [9.17, 15) is 9.59 Å². The molecule has 26 heavy (non-hydrogen) atoms. The lowest BCUT2D eigenvalue weighted by Gasteiger charge is -2.18. The molecule has 0 bridgehead atoms. The molecule has 0 aliphatic carbocycles. The van der Waals surface area contributed by atoms with Crippen LogP contribution >= 0.6 is 0 Å². The Morgan fingerprint density at radius 3 is 1.96 bits per heavy atom. The Morgan fingerprint density at radius 1 is 0.885 bits per heavy atom. The van der Waals surface area contributed by atoms with E-state index in [-0.39, 0.29) is 11.7 Å². The van der Waals surface area contributed by atoms with E-state index in [1.165, 1.54) is 6.08 Å². The molecule has 3 heteroatoms.